The smallest absolute Gasteiger partial charge is 0.158 e. The van der Waals surface area contributed by atoms with E-state index in [0.29, 0.717) is 19.0 Å². The molecule has 1 fully saturated rings. The van der Waals surface area contributed by atoms with Crippen LogP contribution in [0, 0.1) is 0 Å². The Morgan fingerprint density at radius 1 is 1.24 bits per heavy atom. The number of aliphatic hydroxyl groups is 1. The Kier molecular flexibility index (Phi) is 5.76. The third-order valence-corrected chi connectivity index (χ3v) is 3.82. The largest absolute Gasteiger partial charge is 0.394 e. The lowest BCUT2D eigenvalue weighted by Crippen LogP contribution is -2.39. The lowest BCUT2D eigenvalue weighted by atomic mass is 9.99. The Labute approximate surface area is 126 Å². The Balaban J connectivity index is 2.18. The van der Waals surface area contributed by atoms with Crippen LogP contribution in [0.15, 0.2) is 6.07 Å². The van der Waals surface area contributed by atoms with Crippen LogP contribution in [0.1, 0.15) is 45.4 Å². The van der Waals surface area contributed by atoms with Gasteiger partial charge in [0.25, 0.3) is 0 Å². The number of aromatic nitrogens is 2. The molecular formula is C15H26N4O2. The van der Waals surface area contributed by atoms with Gasteiger partial charge in [0.05, 0.1) is 12.1 Å². The van der Waals surface area contributed by atoms with Gasteiger partial charge in [0, 0.05) is 19.2 Å². The third kappa shape index (κ3) is 4.28. The summed E-state index contributed by atoms with van der Waals surface area (Å²) in [7, 11) is 0. The molecule has 0 radical (unpaired) electrons. The van der Waals surface area contributed by atoms with Gasteiger partial charge in [-0.15, -0.1) is 0 Å². The van der Waals surface area contributed by atoms with E-state index in [2.05, 4.69) is 20.6 Å². The van der Waals surface area contributed by atoms with E-state index in [9.17, 15) is 5.11 Å². The van der Waals surface area contributed by atoms with Crippen molar-refractivity contribution in [1.82, 2.24) is 9.97 Å². The topological polar surface area (TPSA) is 79.3 Å². The van der Waals surface area contributed by atoms with Gasteiger partial charge in [-0.05, 0) is 26.7 Å². The van der Waals surface area contributed by atoms with E-state index >= 15 is 0 Å². The molecule has 21 heavy (non-hydrogen) atoms. The van der Waals surface area contributed by atoms with Crippen LogP contribution in [0.4, 0.5) is 11.6 Å². The van der Waals surface area contributed by atoms with Crippen LogP contribution < -0.4 is 10.6 Å². The van der Waals surface area contributed by atoms with Gasteiger partial charge in [-0.25, -0.2) is 9.97 Å². The molecule has 1 aliphatic carbocycles. The number of rotatable bonds is 8. The molecule has 3 N–H and O–H groups in total. The predicted molar refractivity (Wildman–Crippen MR) is 83.4 cm³/mol. The quantitative estimate of drug-likeness (QED) is 0.682. The van der Waals surface area contributed by atoms with Crippen LogP contribution in [-0.2, 0) is 11.3 Å². The predicted octanol–water partition coefficient (Wildman–Crippen LogP) is 2.16. The maximum atomic E-state index is 9.72. The second-order valence-electron chi connectivity index (χ2n) is 5.49. The first-order valence-corrected chi connectivity index (χ1v) is 7.80. The molecule has 0 amide bonds. The van der Waals surface area contributed by atoms with Crippen LogP contribution in [0.25, 0.3) is 0 Å². The SMILES string of the molecule is CCNc1cc(NC2(CO)CCCC2)nc(COCC)n1. The van der Waals surface area contributed by atoms with Gasteiger partial charge in [0.15, 0.2) is 5.82 Å². The summed E-state index contributed by atoms with van der Waals surface area (Å²) in [6.45, 7) is 5.95. The molecule has 1 saturated carbocycles. The van der Waals surface area contributed by atoms with Gasteiger partial charge >= 0.3 is 0 Å². The van der Waals surface area contributed by atoms with E-state index in [1.54, 1.807) is 0 Å². The normalized spacial score (nSPS) is 16.9. The van der Waals surface area contributed by atoms with Crippen LogP contribution in [0.3, 0.4) is 0 Å². The van der Waals surface area contributed by atoms with Crippen LogP contribution in [-0.4, -0.2) is 40.4 Å². The second-order valence-corrected chi connectivity index (χ2v) is 5.49. The molecule has 1 aliphatic rings. The molecule has 6 heteroatoms. The molecule has 1 aromatic rings. The van der Waals surface area contributed by atoms with E-state index in [0.717, 1.165) is 43.9 Å². The summed E-state index contributed by atoms with van der Waals surface area (Å²) in [5.41, 5.74) is -0.235. The minimum atomic E-state index is -0.235. The minimum absolute atomic E-state index is 0.133. The first-order chi connectivity index (χ1) is 10.2. The zero-order valence-electron chi connectivity index (χ0n) is 13.0. The Morgan fingerprint density at radius 3 is 2.57 bits per heavy atom. The second kappa shape index (κ2) is 7.56. The van der Waals surface area contributed by atoms with Crippen molar-refractivity contribution < 1.29 is 9.84 Å². The Bertz CT molecular complexity index is 447. The molecule has 0 aliphatic heterocycles. The number of nitrogens with one attached hydrogen (secondary N) is 2. The highest BCUT2D eigenvalue weighted by molar-refractivity contribution is 5.49. The highest BCUT2D eigenvalue weighted by atomic mass is 16.5. The van der Waals surface area contributed by atoms with E-state index in [1.165, 1.54) is 0 Å². The fraction of sp³-hybridized carbons (Fsp3) is 0.733. The highest BCUT2D eigenvalue weighted by Crippen LogP contribution is 2.32. The maximum absolute atomic E-state index is 9.72. The molecule has 1 heterocycles. The summed E-state index contributed by atoms with van der Waals surface area (Å²) in [6.07, 6.45) is 4.24. The van der Waals surface area contributed by atoms with Gasteiger partial charge in [-0.2, -0.15) is 0 Å². The summed E-state index contributed by atoms with van der Waals surface area (Å²) in [5.74, 6) is 2.20. The van der Waals surface area contributed by atoms with E-state index in [1.807, 2.05) is 19.9 Å². The monoisotopic (exact) mass is 294 g/mol. The first kappa shape index (κ1) is 16.0. The number of ether oxygens (including phenoxy) is 1. The molecule has 0 saturated heterocycles. The van der Waals surface area contributed by atoms with Crippen LogP contribution in [0.5, 0.6) is 0 Å². The van der Waals surface area contributed by atoms with Gasteiger partial charge < -0.3 is 20.5 Å². The molecule has 0 bridgehead atoms. The standard InChI is InChI=1S/C15H26N4O2/c1-3-16-12-9-13(18-14(17-12)10-21-4-2)19-15(11-20)7-5-6-8-15/h9,20H,3-8,10-11H2,1-2H3,(H2,16,17,18,19). The van der Waals surface area contributed by atoms with Crippen molar-refractivity contribution in [2.24, 2.45) is 0 Å². The molecule has 118 valence electrons. The number of hydrogen-bond donors (Lipinski definition) is 3. The lowest BCUT2D eigenvalue weighted by molar-refractivity contribution is 0.128. The number of anilines is 2. The van der Waals surface area contributed by atoms with Crippen molar-refractivity contribution in [3.8, 4) is 0 Å². The zero-order valence-corrected chi connectivity index (χ0v) is 13.0. The van der Waals surface area contributed by atoms with Crippen LogP contribution in [0.2, 0.25) is 0 Å². The fourth-order valence-electron chi connectivity index (χ4n) is 2.74. The summed E-state index contributed by atoms with van der Waals surface area (Å²) < 4.78 is 5.40. The Morgan fingerprint density at radius 2 is 1.95 bits per heavy atom. The molecule has 6 nitrogen and oxygen atoms in total. The van der Waals surface area contributed by atoms with Gasteiger partial charge in [-0.3, -0.25) is 0 Å². The van der Waals surface area contributed by atoms with Crippen molar-refractivity contribution in [3.63, 3.8) is 0 Å². The summed E-state index contributed by atoms with van der Waals surface area (Å²) in [6, 6.07) is 1.90. The average Bonchev–Trinajstić information content (AvgIpc) is 2.94. The molecule has 1 aromatic heterocycles. The van der Waals surface area contributed by atoms with E-state index < -0.39 is 0 Å². The molecule has 0 unspecified atom stereocenters. The van der Waals surface area contributed by atoms with Crippen molar-refractivity contribution in [1.29, 1.82) is 0 Å². The first-order valence-electron chi connectivity index (χ1n) is 7.80. The van der Waals surface area contributed by atoms with Gasteiger partial charge in [0.1, 0.15) is 18.2 Å². The van der Waals surface area contributed by atoms with Gasteiger partial charge in [-0.1, -0.05) is 12.8 Å². The Hall–Kier alpha value is -1.40. The van der Waals surface area contributed by atoms with Crippen molar-refractivity contribution in [2.75, 3.05) is 30.4 Å². The zero-order chi connectivity index (χ0) is 15.1. The summed E-state index contributed by atoms with van der Waals surface area (Å²) >= 11 is 0. The lowest BCUT2D eigenvalue weighted by Gasteiger charge is -2.28. The maximum Gasteiger partial charge on any atom is 0.158 e. The fourth-order valence-corrected chi connectivity index (χ4v) is 2.74. The molecule has 0 spiro atoms. The average molecular weight is 294 g/mol. The van der Waals surface area contributed by atoms with Crippen molar-refractivity contribution in [3.05, 3.63) is 11.9 Å². The van der Waals surface area contributed by atoms with Crippen molar-refractivity contribution in [2.45, 2.75) is 51.7 Å². The molecular weight excluding hydrogens is 268 g/mol. The minimum Gasteiger partial charge on any atom is -0.394 e. The number of hydrogen-bond acceptors (Lipinski definition) is 6. The van der Waals surface area contributed by atoms with E-state index in [4.69, 9.17) is 4.74 Å². The summed E-state index contributed by atoms with van der Waals surface area (Å²) in [4.78, 5) is 8.95. The van der Waals surface area contributed by atoms with Crippen molar-refractivity contribution >= 4 is 11.6 Å². The highest BCUT2D eigenvalue weighted by Gasteiger charge is 2.33. The van der Waals surface area contributed by atoms with E-state index in [-0.39, 0.29) is 12.1 Å². The third-order valence-electron chi connectivity index (χ3n) is 3.82. The number of aliphatic hydroxyl groups excluding tert-OH is 1. The van der Waals surface area contributed by atoms with Crippen LogP contribution >= 0.6 is 0 Å². The number of nitrogens with zero attached hydrogens (tertiary/aromatic N) is 2. The molecule has 0 aromatic carbocycles. The summed E-state index contributed by atoms with van der Waals surface area (Å²) in [5, 5.41) is 16.3. The molecule has 2 rings (SSSR count). The van der Waals surface area contributed by atoms with Gasteiger partial charge in [0.2, 0.25) is 0 Å². The molecule has 0 atom stereocenters.